The first-order valence-electron chi connectivity index (χ1n) is 7.49. The first-order valence-corrected chi connectivity index (χ1v) is 9.82. The van der Waals surface area contributed by atoms with Crippen molar-refractivity contribution >= 4 is 38.2 Å². The van der Waals surface area contributed by atoms with Crippen LogP contribution in [0.1, 0.15) is 19.2 Å². The minimum absolute atomic E-state index is 0.223. The number of morpholine rings is 1. The Morgan fingerprint density at radius 1 is 1.48 bits per heavy atom. The summed E-state index contributed by atoms with van der Waals surface area (Å²) in [5.74, 6) is 0. The Balaban J connectivity index is 2.16. The number of anilines is 1. The summed E-state index contributed by atoms with van der Waals surface area (Å²) in [6.45, 7) is 5.82. The molecule has 0 spiro atoms. The SMILES string of the molecule is CC(n1ccc2c(N3CCOC[C@H]3C)cc(Cl)nc21)S(C)(=O)=O. The predicted molar refractivity (Wildman–Crippen MR) is 91.9 cm³/mol. The van der Waals surface area contributed by atoms with E-state index in [4.69, 9.17) is 16.3 Å². The van der Waals surface area contributed by atoms with Gasteiger partial charge in [-0.3, -0.25) is 0 Å². The van der Waals surface area contributed by atoms with E-state index in [9.17, 15) is 8.42 Å². The van der Waals surface area contributed by atoms with Crippen molar-refractivity contribution in [2.75, 3.05) is 30.9 Å². The predicted octanol–water partition coefficient (Wildman–Crippen LogP) is 2.48. The summed E-state index contributed by atoms with van der Waals surface area (Å²) in [6.07, 6.45) is 2.98. The van der Waals surface area contributed by atoms with Gasteiger partial charge in [-0.05, 0) is 26.0 Å². The van der Waals surface area contributed by atoms with E-state index in [-0.39, 0.29) is 6.04 Å². The van der Waals surface area contributed by atoms with E-state index in [2.05, 4.69) is 16.8 Å². The summed E-state index contributed by atoms with van der Waals surface area (Å²) in [7, 11) is -3.23. The fourth-order valence-electron chi connectivity index (χ4n) is 2.90. The molecule has 1 saturated heterocycles. The van der Waals surface area contributed by atoms with Crippen LogP contribution in [0.2, 0.25) is 5.15 Å². The first-order chi connectivity index (χ1) is 10.8. The van der Waals surface area contributed by atoms with Gasteiger partial charge in [-0.25, -0.2) is 13.4 Å². The van der Waals surface area contributed by atoms with Crippen LogP contribution in [0.15, 0.2) is 18.3 Å². The van der Waals surface area contributed by atoms with Crippen LogP contribution in [-0.4, -0.2) is 50.0 Å². The van der Waals surface area contributed by atoms with Gasteiger partial charge < -0.3 is 14.2 Å². The zero-order chi connectivity index (χ0) is 16.8. The van der Waals surface area contributed by atoms with Crippen LogP contribution in [0, 0.1) is 0 Å². The Morgan fingerprint density at radius 3 is 2.87 bits per heavy atom. The number of hydrogen-bond donors (Lipinski definition) is 0. The number of hydrogen-bond acceptors (Lipinski definition) is 5. The van der Waals surface area contributed by atoms with Crippen molar-refractivity contribution in [2.24, 2.45) is 0 Å². The van der Waals surface area contributed by atoms with Crippen LogP contribution in [0.5, 0.6) is 0 Å². The smallest absolute Gasteiger partial charge is 0.168 e. The molecule has 8 heteroatoms. The molecule has 2 aromatic rings. The van der Waals surface area contributed by atoms with E-state index in [1.807, 2.05) is 12.1 Å². The maximum Gasteiger partial charge on any atom is 0.168 e. The molecular formula is C15H20ClN3O3S. The third kappa shape index (κ3) is 3.05. The van der Waals surface area contributed by atoms with Gasteiger partial charge in [-0.15, -0.1) is 0 Å². The lowest BCUT2D eigenvalue weighted by Gasteiger charge is -2.35. The highest BCUT2D eigenvalue weighted by Gasteiger charge is 2.25. The van der Waals surface area contributed by atoms with E-state index in [1.165, 1.54) is 6.26 Å². The highest BCUT2D eigenvalue weighted by molar-refractivity contribution is 7.90. The lowest BCUT2D eigenvalue weighted by atomic mass is 10.2. The van der Waals surface area contributed by atoms with Crippen LogP contribution in [-0.2, 0) is 14.6 Å². The molecule has 1 unspecified atom stereocenters. The van der Waals surface area contributed by atoms with Gasteiger partial charge in [0.25, 0.3) is 0 Å². The molecule has 2 atom stereocenters. The van der Waals surface area contributed by atoms with Crippen molar-refractivity contribution in [2.45, 2.75) is 25.3 Å². The minimum atomic E-state index is -3.23. The topological polar surface area (TPSA) is 64.4 Å². The maximum absolute atomic E-state index is 11.9. The fourth-order valence-corrected chi connectivity index (χ4v) is 3.67. The van der Waals surface area contributed by atoms with Gasteiger partial charge in [0.1, 0.15) is 16.2 Å². The second kappa shape index (κ2) is 5.96. The summed E-state index contributed by atoms with van der Waals surface area (Å²) in [4.78, 5) is 6.59. The van der Waals surface area contributed by atoms with Crippen molar-refractivity contribution in [3.8, 4) is 0 Å². The standard InChI is InChI=1S/C15H20ClN3O3S/c1-10-9-22-7-6-18(10)13-8-14(16)17-15-12(13)4-5-19(15)11(2)23(3,20)21/h4-5,8,10-11H,6-7,9H2,1-3H3/t10-,11?/m1/s1. The molecule has 0 bridgehead atoms. The second-order valence-electron chi connectivity index (χ2n) is 5.97. The molecule has 0 aliphatic carbocycles. The molecule has 1 aliphatic rings. The summed E-state index contributed by atoms with van der Waals surface area (Å²) < 4.78 is 30.9. The number of nitrogens with zero attached hydrogens (tertiary/aromatic N) is 3. The van der Waals surface area contributed by atoms with Crippen LogP contribution in [0.3, 0.4) is 0 Å². The molecular weight excluding hydrogens is 338 g/mol. The normalized spacial score (nSPS) is 20.9. The summed E-state index contributed by atoms with van der Waals surface area (Å²) >= 11 is 6.21. The van der Waals surface area contributed by atoms with Gasteiger partial charge in [0.05, 0.1) is 18.9 Å². The molecule has 1 aliphatic heterocycles. The third-order valence-corrected chi connectivity index (χ3v) is 5.98. The van der Waals surface area contributed by atoms with Crippen LogP contribution in [0.25, 0.3) is 11.0 Å². The van der Waals surface area contributed by atoms with Crippen molar-refractivity contribution in [3.05, 3.63) is 23.5 Å². The zero-order valence-electron chi connectivity index (χ0n) is 13.4. The molecule has 6 nitrogen and oxygen atoms in total. The van der Waals surface area contributed by atoms with Crippen molar-refractivity contribution < 1.29 is 13.2 Å². The lowest BCUT2D eigenvalue weighted by Crippen LogP contribution is -2.43. The summed E-state index contributed by atoms with van der Waals surface area (Å²) in [5, 5.41) is 0.562. The number of halogens is 1. The highest BCUT2D eigenvalue weighted by atomic mass is 35.5. The van der Waals surface area contributed by atoms with Crippen LogP contribution < -0.4 is 4.90 Å². The van der Waals surface area contributed by atoms with E-state index in [0.717, 1.165) is 17.6 Å². The Kier molecular flexibility index (Phi) is 4.29. The lowest BCUT2D eigenvalue weighted by molar-refractivity contribution is 0.0991. The fraction of sp³-hybridized carbons (Fsp3) is 0.533. The first kappa shape index (κ1) is 16.5. The molecule has 126 valence electrons. The molecule has 0 radical (unpaired) electrons. The van der Waals surface area contributed by atoms with Gasteiger partial charge >= 0.3 is 0 Å². The van der Waals surface area contributed by atoms with Gasteiger partial charge in [0.2, 0.25) is 0 Å². The molecule has 3 rings (SSSR count). The zero-order valence-corrected chi connectivity index (χ0v) is 14.9. The van der Waals surface area contributed by atoms with E-state index in [0.29, 0.717) is 24.0 Å². The third-order valence-electron chi connectivity index (χ3n) is 4.32. The molecule has 23 heavy (non-hydrogen) atoms. The van der Waals surface area contributed by atoms with E-state index < -0.39 is 15.2 Å². The Labute approximate surface area is 140 Å². The Hall–Kier alpha value is -1.31. The number of fused-ring (bicyclic) bond motifs is 1. The Morgan fingerprint density at radius 2 is 2.22 bits per heavy atom. The molecule has 0 amide bonds. The Bertz CT molecular complexity index is 834. The average molecular weight is 358 g/mol. The minimum Gasteiger partial charge on any atom is -0.377 e. The molecule has 0 N–H and O–H groups in total. The van der Waals surface area contributed by atoms with E-state index in [1.54, 1.807) is 17.7 Å². The number of sulfone groups is 1. The quantitative estimate of drug-likeness (QED) is 0.789. The van der Waals surface area contributed by atoms with Gasteiger partial charge in [-0.1, -0.05) is 11.6 Å². The monoisotopic (exact) mass is 357 g/mol. The molecule has 1 fully saturated rings. The van der Waals surface area contributed by atoms with Crippen LogP contribution in [0.4, 0.5) is 5.69 Å². The van der Waals surface area contributed by atoms with Crippen molar-refractivity contribution in [1.82, 2.24) is 9.55 Å². The van der Waals surface area contributed by atoms with Gasteiger partial charge in [-0.2, -0.15) is 0 Å². The van der Waals surface area contributed by atoms with Crippen molar-refractivity contribution in [1.29, 1.82) is 0 Å². The largest absolute Gasteiger partial charge is 0.377 e. The van der Waals surface area contributed by atoms with Crippen molar-refractivity contribution in [3.63, 3.8) is 0 Å². The maximum atomic E-state index is 11.9. The molecule has 3 heterocycles. The van der Waals surface area contributed by atoms with E-state index >= 15 is 0 Å². The second-order valence-corrected chi connectivity index (χ2v) is 8.70. The summed E-state index contributed by atoms with van der Waals surface area (Å²) in [5.41, 5.74) is 1.55. The number of ether oxygens (including phenoxy) is 1. The summed E-state index contributed by atoms with van der Waals surface area (Å²) in [6, 6.07) is 3.96. The van der Waals surface area contributed by atoms with Gasteiger partial charge in [0.15, 0.2) is 9.84 Å². The van der Waals surface area contributed by atoms with Gasteiger partial charge in [0, 0.05) is 30.4 Å². The molecule has 2 aromatic heterocycles. The molecule has 0 saturated carbocycles. The number of pyridine rings is 1. The highest BCUT2D eigenvalue weighted by Crippen LogP contribution is 2.33. The number of rotatable bonds is 3. The van der Waals surface area contributed by atoms with Crippen LogP contribution >= 0.6 is 11.6 Å². The average Bonchev–Trinajstić information content (AvgIpc) is 2.88. The number of aromatic nitrogens is 2. The molecule has 0 aromatic carbocycles.